The molecule has 0 bridgehead atoms. The number of ketones is 1. The van der Waals surface area contributed by atoms with Crippen molar-refractivity contribution >= 4 is 17.7 Å². The SMILES string of the molecule is C=CCN(C(=O)c1ccc(CCCCC)cc1)C(C)C(=O)c1c(C)c(C(=O)OC)n(C)c1C. The summed E-state index contributed by atoms with van der Waals surface area (Å²) < 4.78 is 6.54. The summed E-state index contributed by atoms with van der Waals surface area (Å²) in [6, 6.07) is 6.88. The third-order valence-electron chi connectivity index (χ3n) is 6.26. The number of ether oxygens (including phenoxy) is 1. The van der Waals surface area contributed by atoms with Gasteiger partial charge < -0.3 is 14.2 Å². The number of carbonyl (C=O) groups is 3. The highest BCUT2D eigenvalue weighted by Gasteiger charge is 2.32. The van der Waals surface area contributed by atoms with E-state index in [0.29, 0.717) is 28.1 Å². The third kappa shape index (κ3) is 5.62. The number of unbranched alkanes of at least 4 members (excludes halogenated alkanes) is 2. The number of amides is 1. The number of hydrogen-bond donors (Lipinski definition) is 0. The largest absolute Gasteiger partial charge is 0.464 e. The van der Waals surface area contributed by atoms with Crippen molar-refractivity contribution in [1.29, 1.82) is 0 Å². The van der Waals surface area contributed by atoms with E-state index in [9.17, 15) is 14.4 Å². The average molecular weight is 453 g/mol. The number of aryl methyl sites for hydroxylation is 1. The summed E-state index contributed by atoms with van der Waals surface area (Å²) >= 11 is 0. The molecule has 0 aliphatic carbocycles. The van der Waals surface area contributed by atoms with Gasteiger partial charge in [-0.1, -0.05) is 38.0 Å². The van der Waals surface area contributed by atoms with E-state index in [1.165, 1.54) is 30.4 Å². The molecule has 0 radical (unpaired) electrons. The highest BCUT2D eigenvalue weighted by Crippen LogP contribution is 2.25. The summed E-state index contributed by atoms with van der Waals surface area (Å²) in [4.78, 5) is 40.6. The van der Waals surface area contributed by atoms with Gasteiger partial charge in [0.1, 0.15) is 5.69 Å². The van der Waals surface area contributed by atoms with E-state index < -0.39 is 12.0 Å². The van der Waals surface area contributed by atoms with Gasteiger partial charge in [0.25, 0.3) is 5.91 Å². The predicted octanol–water partition coefficient (Wildman–Crippen LogP) is 5.06. The third-order valence-corrected chi connectivity index (χ3v) is 6.26. The van der Waals surface area contributed by atoms with Crippen LogP contribution in [-0.2, 0) is 18.2 Å². The van der Waals surface area contributed by atoms with E-state index in [1.807, 2.05) is 24.3 Å². The zero-order valence-electron chi connectivity index (χ0n) is 20.7. The molecule has 0 aliphatic heterocycles. The molecule has 178 valence electrons. The summed E-state index contributed by atoms with van der Waals surface area (Å²) in [7, 11) is 3.04. The number of nitrogens with zero attached hydrogens (tertiary/aromatic N) is 2. The molecule has 2 aromatic rings. The first-order valence-electron chi connectivity index (χ1n) is 11.5. The molecule has 0 saturated heterocycles. The van der Waals surface area contributed by atoms with Crippen molar-refractivity contribution in [3.8, 4) is 0 Å². The minimum Gasteiger partial charge on any atom is -0.464 e. The Labute approximate surface area is 197 Å². The fourth-order valence-electron chi connectivity index (χ4n) is 4.19. The van der Waals surface area contributed by atoms with E-state index in [4.69, 9.17) is 4.74 Å². The molecule has 6 heteroatoms. The van der Waals surface area contributed by atoms with Crippen molar-refractivity contribution in [2.45, 2.75) is 59.4 Å². The Morgan fingerprint density at radius 1 is 1.15 bits per heavy atom. The van der Waals surface area contributed by atoms with Crippen molar-refractivity contribution in [1.82, 2.24) is 9.47 Å². The van der Waals surface area contributed by atoms with Crippen LogP contribution in [0.5, 0.6) is 0 Å². The highest BCUT2D eigenvalue weighted by atomic mass is 16.5. The Balaban J connectivity index is 2.32. The lowest BCUT2D eigenvalue weighted by Crippen LogP contribution is -2.43. The van der Waals surface area contributed by atoms with Crippen LogP contribution in [0, 0.1) is 13.8 Å². The lowest BCUT2D eigenvalue weighted by atomic mass is 9.99. The second-order valence-electron chi connectivity index (χ2n) is 8.43. The topological polar surface area (TPSA) is 68.6 Å². The van der Waals surface area contributed by atoms with Gasteiger partial charge >= 0.3 is 5.97 Å². The lowest BCUT2D eigenvalue weighted by molar-refractivity contribution is 0.0588. The molecule has 1 unspecified atom stereocenters. The van der Waals surface area contributed by atoms with Gasteiger partial charge in [0.05, 0.1) is 13.2 Å². The summed E-state index contributed by atoms with van der Waals surface area (Å²) in [6.07, 6.45) is 6.08. The van der Waals surface area contributed by atoms with Gasteiger partial charge in [-0.05, 0) is 56.9 Å². The van der Waals surface area contributed by atoms with Crippen LogP contribution in [0.2, 0.25) is 0 Å². The van der Waals surface area contributed by atoms with Gasteiger partial charge in [-0.2, -0.15) is 0 Å². The Bertz CT molecular complexity index is 1020. The molecule has 0 aliphatic rings. The van der Waals surface area contributed by atoms with Crippen LogP contribution < -0.4 is 0 Å². The normalized spacial score (nSPS) is 11.7. The van der Waals surface area contributed by atoms with E-state index in [-0.39, 0.29) is 18.2 Å². The Morgan fingerprint density at radius 2 is 1.79 bits per heavy atom. The summed E-state index contributed by atoms with van der Waals surface area (Å²) in [5, 5.41) is 0. The lowest BCUT2D eigenvalue weighted by Gasteiger charge is -2.27. The van der Waals surface area contributed by atoms with Crippen LogP contribution in [-0.4, -0.2) is 46.8 Å². The summed E-state index contributed by atoms with van der Waals surface area (Å²) in [6.45, 7) is 11.4. The van der Waals surface area contributed by atoms with E-state index in [0.717, 1.165) is 12.8 Å². The molecule has 0 spiro atoms. The predicted molar refractivity (Wildman–Crippen MR) is 131 cm³/mol. The molecule has 0 N–H and O–H groups in total. The molecule has 6 nitrogen and oxygen atoms in total. The molecule has 1 aromatic carbocycles. The maximum Gasteiger partial charge on any atom is 0.354 e. The van der Waals surface area contributed by atoms with Crippen molar-refractivity contribution in [3.05, 3.63) is 70.6 Å². The standard InChI is InChI=1S/C27H36N2O4/c1-8-10-11-12-21-13-15-22(16-14-21)26(31)29(17-9-2)20(5)25(30)23-18(3)24(27(32)33-7)28(6)19(23)4/h9,13-16,20H,2,8,10-12,17H2,1,3-7H3. The fraction of sp³-hybridized carbons (Fsp3) is 0.444. The quantitative estimate of drug-likeness (QED) is 0.207. The zero-order chi connectivity index (χ0) is 24.7. The highest BCUT2D eigenvalue weighted by molar-refractivity contribution is 6.07. The molecule has 1 amide bonds. The average Bonchev–Trinajstić information content (AvgIpc) is 3.04. The second-order valence-corrected chi connectivity index (χ2v) is 8.43. The summed E-state index contributed by atoms with van der Waals surface area (Å²) in [5.74, 6) is -0.944. The van der Waals surface area contributed by atoms with Crippen LogP contribution in [0.25, 0.3) is 0 Å². The van der Waals surface area contributed by atoms with Gasteiger partial charge in [0, 0.05) is 30.4 Å². The minimum atomic E-state index is -0.731. The number of esters is 1. The van der Waals surface area contributed by atoms with Crippen LogP contribution in [0.4, 0.5) is 0 Å². The number of hydrogen-bond acceptors (Lipinski definition) is 4. The van der Waals surface area contributed by atoms with Gasteiger partial charge in [0.15, 0.2) is 5.78 Å². The molecule has 2 rings (SSSR count). The van der Waals surface area contributed by atoms with Gasteiger partial charge in [-0.15, -0.1) is 6.58 Å². The van der Waals surface area contributed by atoms with E-state index in [1.54, 1.807) is 38.5 Å². The molecule has 1 heterocycles. The Hall–Kier alpha value is -3.15. The summed E-state index contributed by atoms with van der Waals surface area (Å²) in [5.41, 5.74) is 3.73. The monoisotopic (exact) mass is 452 g/mol. The first-order chi connectivity index (χ1) is 15.7. The number of methoxy groups -OCH3 is 1. The van der Waals surface area contributed by atoms with E-state index >= 15 is 0 Å². The molecule has 1 atom stereocenters. The minimum absolute atomic E-state index is 0.220. The maximum atomic E-state index is 13.5. The van der Waals surface area contributed by atoms with Gasteiger partial charge in [-0.3, -0.25) is 9.59 Å². The van der Waals surface area contributed by atoms with Gasteiger partial charge in [-0.25, -0.2) is 4.79 Å². The maximum absolute atomic E-state index is 13.5. The first kappa shape index (κ1) is 26.1. The smallest absolute Gasteiger partial charge is 0.354 e. The number of aromatic nitrogens is 1. The number of rotatable bonds is 11. The van der Waals surface area contributed by atoms with Gasteiger partial charge in [0.2, 0.25) is 0 Å². The van der Waals surface area contributed by atoms with Crippen molar-refractivity contribution in [3.63, 3.8) is 0 Å². The number of benzene rings is 1. The molecular formula is C27H36N2O4. The Morgan fingerprint density at radius 3 is 2.33 bits per heavy atom. The van der Waals surface area contributed by atoms with Crippen LogP contribution in [0.15, 0.2) is 36.9 Å². The number of Topliss-reactive ketones (excluding diaryl/α,β-unsaturated/α-hetero) is 1. The van der Waals surface area contributed by atoms with Crippen molar-refractivity contribution in [2.24, 2.45) is 7.05 Å². The van der Waals surface area contributed by atoms with Crippen LogP contribution in [0.1, 0.15) is 81.1 Å². The number of carbonyl (C=O) groups excluding carboxylic acids is 3. The first-order valence-corrected chi connectivity index (χ1v) is 11.5. The van der Waals surface area contributed by atoms with Crippen LogP contribution >= 0.6 is 0 Å². The fourth-order valence-corrected chi connectivity index (χ4v) is 4.19. The molecule has 33 heavy (non-hydrogen) atoms. The molecular weight excluding hydrogens is 416 g/mol. The molecule has 0 fully saturated rings. The van der Waals surface area contributed by atoms with Crippen molar-refractivity contribution in [2.75, 3.05) is 13.7 Å². The Kier molecular flexibility index (Phi) is 9.21. The van der Waals surface area contributed by atoms with Crippen LogP contribution in [0.3, 0.4) is 0 Å². The second kappa shape index (κ2) is 11.6. The van der Waals surface area contributed by atoms with Crippen molar-refractivity contribution < 1.29 is 19.1 Å². The molecule has 0 saturated carbocycles. The van der Waals surface area contributed by atoms with E-state index in [2.05, 4.69) is 13.5 Å². The molecule has 1 aromatic heterocycles. The zero-order valence-corrected chi connectivity index (χ0v) is 20.7.